The smallest absolute Gasteiger partial charge is 0.258 e. The molecule has 1 aliphatic rings. The van der Waals surface area contributed by atoms with Crippen LogP contribution in [-0.2, 0) is 17.6 Å². The fourth-order valence-corrected chi connectivity index (χ4v) is 3.45. The maximum atomic E-state index is 13.6. The molecule has 1 atom stereocenters. The number of aryl methyl sites for hydroxylation is 1. The molecule has 0 spiro atoms. The van der Waals surface area contributed by atoms with Gasteiger partial charge < -0.3 is 15.0 Å². The first-order valence-corrected chi connectivity index (χ1v) is 8.45. The number of fused-ring (bicyclic) bond motifs is 3. The summed E-state index contributed by atoms with van der Waals surface area (Å²) in [7, 11) is 0. The average molecular weight is 338 g/mol. The zero-order chi connectivity index (χ0) is 17.2. The number of H-pyrrole nitrogens is 1. The Hall–Kier alpha value is -2.82. The molecule has 1 aromatic heterocycles. The molecule has 1 amide bonds. The molecule has 0 saturated carbocycles. The van der Waals surface area contributed by atoms with Crippen LogP contribution in [0.3, 0.4) is 0 Å². The summed E-state index contributed by atoms with van der Waals surface area (Å²) in [4.78, 5) is 15.5. The Morgan fingerprint density at radius 2 is 2.08 bits per heavy atom. The van der Waals surface area contributed by atoms with Gasteiger partial charge in [-0.1, -0.05) is 18.2 Å². The first-order chi connectivity index (χ1) is 12.2. The number of halogens is 1. The SMILES string of the molecule is O=C(COc1ccccc1)NC1CCc2[nH]c3ccc(F)cc3c2C1. The summed E-state index contributed by atoms with van der Waals surface area (Å²) >= 11 is 0. The van der Waals surface area contributed by atoms with Gasteiger partial charge in [0.2, 0.25) is 0 Å². The minimum absolute atomic E-state index is 0.00408. The van der Waals surface area contributed by atoms with Crippen molar-refractivity contribution in [2.75, 3.05) is 6.61 Å². The molecule has 4 nitrogen and oxygen atoms in total. The Balaban J connectivity index is 1.41. The van der Waals surface area contributed by atoms with Crippen LogP contribution in [0.2, 0.25) is 0 Å². The number of carbonyl (C=O) groups is 1. The van der Waals surface area contributed by atoms with Crippen molar-refractivity contribution in [3.63, 3.8) is 0 Å². The highest BCUT2D eigenvalue weighted by molar-refractivity contribution is 5.85. The summed E-state index contributed by atoms with van der Waals surface area (Å²) in [6, 6.07) is 14.1. The fourth-order valence-electron chi connectivity index (χ4n) is 3.45. The minimum atomic E-state index is -0.239. The normalized spacial score (nSPS) is 16.4. The number of nitrogens with one attached hydrogen (secondary N) is 2. The molecule has 128 valence electrons. The Labute approximate surface area is 145 Å². The Morgan fingerprint density at radius 1 is 1.24 bits per heavy atom. The van der Waals surface area contributed by atoms with Crippen LogP contribution in [0.1, 0.15) is 17.7 Å². The number of aromatic amines is 1. The highest BCUT2D eigenvalue weighted by Gasteiger charge is 2.24. The summed E-state index contributed by atoms with van der Waals surface area (Å²) in [5.74, 6) is 0.302. The lowest BCUT2D eigenvalue weighted by atomic mass is 9.91. The van der Waals surface area contributed by atoms with Crippen molar-refractivity contribution in [3.05, 3.63) is 65.6 Å². The van der Waals surface area contributed by atoms with E-state index >= 15 is 0 Å². The van der Waals surface area contributed by atoms with E-state index in [1.807, 2.05) is 30.3 Å². The molecule has 1 aliphatic carbocycles. The number of hydrogen-bond acceptors (Lipinski definition) is 2. The predicted octanol–water partition coefficient (Wildman–Crippen LogP) is 3.36. The van der Waals surface area contributed by atoms with Crippen LogP contribution < -0.4 is 10.1 Å². The number of para-hydroxylation sites is 1. The Morgan fingerprint density at radius 3 is 2.92 bits per heavy atom. The third-order valence-corrected chi connectivity index (χ3v) is 4.63. The molecule has 0 fully saturated rings. The van der Waals surface area contributed by atoms with E-state index in [0.29, 0.717) is 12.2 Å². The van der Waals surface area contributed by atoms with Crippen LogP contribution in [0.4, 0.5) is 4.39 Å². The molecular weight excluding hydrogens is 319 g/mol. The van der Waals surface area contributed by atoms with Gasteiger partial charge in [0.1, 0.15) is 11.6 Å². The summed E-state index contributed by atoms with van der Waals surface area (Å²) < 4.78 is 19.0. The van der Waals surface area contributed by atoms with Crippen LogP contribution in [0.15, 0.2) is 48.5 Å². The number of carbonyl (C=O) groups excluding carboxylic acids is 1. The molecule has 5 heteroatoms. The number of amides is 1. The molecular formula is C20H19FN2O2. The predicted molar refractivity (Wildman–Crippen MR) is 94.1 cm³/mol. The van der Waals surface area contributed by atoms with Crippen LogP contribution >= 0.6 is 0 Å². The second-order valence-electron chi connectivity index (χ2n) is 6.38. The van der Waals surface area contributed by atoms with Gasteiger partial charge in [0.15, 0.2) is 6.61 Å². The van der Waals surface area contributed by atoms with Gasteiger partial charge in [-0.25, -0.2) is 4.39 Å². The molecule has 2 aromatic carbocycles. The maximum absolute atomic E-state index is 13.6. The third-order valence-electron chi connectivity index (χ3n) is 4.63. The molecule has 1 unspecified atom stereocenters. The summed E-state index contributed by atoms with van der Waals surface area (Å²) in [6.07, 6.45) is 2.41. The van der Waals surface area contributed by atoms with Crippen molar-refractivity contribution >= 4 is 16.8 Å². The van der Waals surface area contributed by atoms with Gasteiger partial charge in [-0.2, -0.15) is 0 Å². The molecule has 0 radical (unpaired) electrons. The zero-order valence-corrected chi connectivity index (χ0v) is 13.7. The number of ether oxygens (including phenoxy) is 1. The first-order valence-electron chi connectivity index (χ1n) is 8.45. The van der Waals surface area contributed by atoms with E-state index in [0.717, 1.165) is 35.0 Å². The van der Waals surface area contributed by atoms with E-state index in [1.54, 1.807) is 12.1 Å². The topological polar surface area (TPSA) is 54.1 Å². The lowest BCUT2D eigenvalue weighted by molar-refractivity contribution is -0.123. The van der Waals surface area contributed by atoms with Crippen LogP contribution in [-0.4, -0.2) is 23.5 Å². The number of aromatic nitrogens is 1. The molecule has 0 bridgehead atoms. The van der Waals surface area contributed by atoms with Gasteiger partial charge >= 0.3 is 0 Å². The van der Waals surface area contributed by atoms with E-state index < -0.39 is 0 Å². The molecule has 25 heavy (non-hydrogen) atoms. The standard InChI is InChI=1S/C20H19FN2O2/c21-13-6-8-18-16(10-13)17-11-14(7-9-19(17)23-18)22-20(24)12-25-15-4-2-1-3-5-15/h1-6,8,10,14,23H,7,9,11-12H2,(H,22,24). The van der Waals surface area contributed by atoms with Gasteiger partial charge in [0, 0.05) is 22.6 Å². The molecule has 4 rings (SSSR count). The van der Waals surface area contributed by atoms with Gasteiger partial charge in [0.05, 0.1) is 0 Å². The molecule has 0 aliphatic heterocycles. The van der Waals surface area contributed by atoms with Gasteiger partial charge in [0.25, 0.3) is 5.91 Å². The van der Waals surface area contributed by atoms with E-state index in [9.17, 15) is 9.18 Å². The fraction of sp³-hybridized carbons (Fsp3) is 0.250. The van der Waals surface area contributed by atoms with Crippen molar-refractivity contribution in [3.8, 4) is 5.75 Å². The maximum Gasteiger partial charge on any atom is 0.258 e. The summed E-state index contributed by atoms with van der Waals surface area (Å²) in [5.41, 5.74) is 3.20. The molecule has 1 heterocycles. The van der Waals surface area contributed by atoms with Gasteiger partial charge in [-0.05, 0) is 55.2 Å². The minimum Gasteiger partial charge on any atom is -0.484 e. The monoisotopic (exact) mass is 338 g/mol. The second kappa shape index (κ2) is 6.59. The van der Waals surface area contributed by atoms with Crippen LogP contribution in [0.25, 0.3) is 10.9 Å². The van der Waals surface area contributed by atoms with Crippen molar-refractivity contribution in [2.24, 2.45) is 0 Å². The summed E-state index contributed by atoms with van der Waals surface area (Å²) in [6.45, 7) is -0.00408. The quantitative estimate of drug-likeness (QED) is 0.766. The van der Waals surface area contributed by atoms with Crippen LogP contribution in [0, 0.1) is 5.82 Å². The van der Waals surface area contributed by atoms with Gasteiger partial charge in [-0.3, -0.25) is 4.79 Å². The highest BCUT2D eigenvalue weighted by Crippen LogP contribution is 2.29. The molecule has 3 aromatic rings. The molecule has 2 N–H and O–H groups in total. The highest BCUT2D eigenvalue weighted by atomic mass is 19.1. The largest absolute Gasteiger partial charge is 0.484 e. The van der Waals surface area contributed by atoms with Crippen LogP contribution in [0.5, 0.6) is 5.75 Å². The third kappa shape index (κ3) is 3.36. The van der Waals surface area contributed by atoms with Crippen molar-refractivity contribution in [1.82, 2.24) is 10.3 Å². The van der Waals surface area contributed by atoms with E-state index in [1.165, 1.54) is 6.07 Å². The Kier molecular flexibility index (Phi) is 4.14. The van der Waals surface area contributed by atoms with Crippen molar-refractivity contribution in [2.45, 2.75) is 25.3 Å². The Bertz CT molecular complexity index is 905. The van der Waals surface area contributed by atoms with E-state index in [-0.39, 0.29) is 24.4 Å². The lowest BCUT2D eigenvalue weighted by Gasteiger charge is -2.23. The van der Waals surface area contributed by atoms with Gasteiger partial charge in [-0.15, -0.1) is 0 Å². The number of hydrogen-bond donors (Lipinski definition) is 2. The first kappa shape index (κ1) is 15.7. The second-order valence-corrected chi connectivity index (χ2v) is 6.38. The van der Waals surface area contributed by atoms with Crippen molar-refractivity contribution in [1.29, 1.82) is 0 Å². The molecule has 0 saturated heterocycles. The zero-order valence-electron chi connectivity index (χ0n) is 13.7. The van der Waals surface area contributed by atoms with Crippen molar-refractivity contribution < 1.29 is 13.9 Å². The van der Waals surface area contributed by atoms with E-state index in [4.69, 9.17) is 4.74 Å². The lowest BCUT2D eigenvalue weighted by Crippen LogP contribution is -2.41. The number of rotatable bonds is 4. The number of benzene rings is 2. The average Bonchev–Trinajstić information content (AvgIpc) is 2.98. The summed E-state index contributed by atoms with van der Waals surface area (Å²) in [5, 5.41) is 3.94. The van der Waals surface area contributed by atoms with E-state index in [2.05, 4.69) is 10.3 Å².